The molecule has 0 spiro atoms. The minimum Gasteiger partial charge on any atom is -0.336 e. The number of hydrogen-bond donors (Lipinski definition) is 0. The largest absolute Gasteiger partial charge is 0.336 e. The fourth-order valence-corrected chi connectivity index (χ4v) is 2.92. The van der Waals surface area contributed by atoms with Crippen LogP contribution in [0.4, 0.5) is 0 Å². The minimum atomic E-state index is -0.382. The van der Waals surface area contributed by atoms with Crippen LogP contribution in [-0.2, 0) is 4.79 Å². The highest BCUT2D eigenvalue weighted by Gasteiger charge is 2.26. The molecule has 1 fully saturated rings. The molecule has 1 aliphatic heterocycles. The number of Topliss-reactive ketones (excluding diaryl/α,β-unsaturated/α-hetero) is 1. The van der Waals surface area contributed by atoms with Gasteiger partial charge in [0.2, 0.25) is 0 Å². The van der Waals surface area contributed by atoms with E-state index in [1.807, 2.05) is 0 Å². The summed E-state index contributed by atoms with van der Waals surface area (Å²) in [5.74, 6) is -0.741. The number of carbonyl (C=O) groups is 2. The van der Waals surface area contributed by atoms with Crippen molar-refractivity contribution in [1.82, 2.24) is 4.90 Å². The number of likely N-dealkylation sites (tertiary alicyclic amines) is 1. The second-order valence-electron chi connectivity index (χ2n) is 3.43. The van der Waals surface area contributed by atoms with Crippen molar-refractivity contribution in [2.75, 3.05) is 13.1 Å². The molecule has 0 atom stereocenters. The lowest BCUT2D eigenvalue weighted by atomic mass is 10.3. The van der Waals surface area contributed by atoms with Crippen molar-refractivity contribution in [3.63, 3.8) is 0 Å². The Kier molecular flexibility index (Phi) is 3.21. The molecule has 1 aromatic rings. The Morgan fingerprint density at radius 2 is 1.93 bits per heavy atom. The van der Waals surface area contributed by atoms with Gasteiger partial charge in [-0.15, -0.1) is 11.3 Å². The van der Waals surface area contributed by atoms with E-state index >= 15 is 0 Å². The van der Waals surface area contributed by atoms with Crippen molar-refractivity contribution < 1.29 is 9.59 Å². The quantitative estimate of drug-likeness (QED) is 0.618. The number of nitrogens with zero attached hydrogens (tertiary/aromatic N) is 1. The van der Waals surface area contributed by atoms with Gasteiger partial charge < -0.3 is 4.90 Å². The first-order chi connectivity index (χ1) is 7.18. The standard InChI is InChI=1S/C10H10BrNO2S/c11-8-4-3-7(15-8)9(13)10(14)12-5-1-2-6-12/h3-4H,1-2,5-6H2. The predicted octanol–water partition coefficient (Wildman–Crippen LogP) is 2.32. The number of halogens is 1. The summed E-state index contributed by atoms with van der Waals surface area (Å²) in [6.45, 7) is 1.44. The van der Waals surface area contributed by atoms with Crippen LogP contribution in [0.3, 0.4) is 0 Å². The van der Waals surface area contributed by atoms with Gasteiger partial charge in [0.25, 0.3) is 11.7 Å². The van der Waals surface area contributed by atoms with Crippen molar-refractivity contribution in [3.8, 4) is 0 Å². The summed E-state index contributed by atoms with van der Waals surface area (Å²) >= 11 is 4.58. The molecule has 1 amide bonds. The lowest BCUT2D eigenvalue weighted by molar-refractivity contribution is -0.125. The van der Waals surface area contributed by atoms with Crippen molar-refractivity contribution in [2.24, 2.45) is 0 Å². The van der Waals surface area contributed by atoms with Crippen LogP contribution in [-0.4, -0.2) is 29.7 Å². The van der Waals surface area contributed by atoms with Crippen molar-refractivity contribution in [3.05, 3.63) is 20.8 Å². The zero-order valence-corrected chi connectivity index (χ0v) is 10.4. The second kappa shape index (κ2) is 4.45. The van der Waals surface area contributed by atoms with Crippen LogP contribution >= 0.6 is 27.3 Å². The number of amides is 1. The zero-order valence-electron chi connectivity index (χ0n) is 8.03. The van der Waals surface area contributed by atoms with Crippen LogP contribution in [0.25, 0.3) is 0 Å². The van der Waals surface area contributed by atoms with Crippen LogP contribution in [0.5, 0.6) is 0 Å². The second-order valence-corrected chi connectivity index (χ2v) is 5.90. The Morgan fingerprint density at radius 1 is 1.27 bits per heavy atom. The van der Waals surface area contributed by atoms with Gasteiger partial charge >= 0.3 is 0 Å². The highest BCUT2D eigenvalue weighted by molar-refractivity contribution is 9.11. The highest BCUT2D eigenvalue weighted by atomic mass is 79.9. The fraction of sp³-hybridized carbons (Fsp3) is 0.400. The van der Waals surface area contributed by atoms with Gasteiger partial charge in [0.1, 0.15) is 0 Å². The molecule has 0 unspecified atom stereocenters. The molecule has 0 bridgehead atoms. The van der Waals surface area contributed by atoms with Gasteiger partial charge in [0.15, 0.2) is 0 Å². The van der Waals surface area contributed by atoms with Gasteiger partial charge in [-0.2, -0.15) is 0 Å². The van der Waals surface area contributed by atoms with Gasteiger partial charge in [0.05, 0.1) is 8.66 Å². The van der Waals surface area contributed by atoms with E-state index in [1.165, 1.54) is 11.3 Å². The minimum absolute atomic E-state index is 0.359. The molecular formula is C10H10BrNO2S. The summed E-state index contributed by atoms with van der Waals surface area (Å²) in [5, 5.41) is 0. The molecule has 80 valence electrons. The monoisotopic (exact) mass is 287 g/mol. The van der Waals surface area contributed by atoms with E-state index in [0.717, 1.165) is 29.7 Å². The van der Waals surface area contributed by atoms with Gasteiger partial charge in [-0.25, -0.2) is 0 Å². The van der Waals surface area contributed by atoms with Crippen molar-refractivity contribution in [1.29, 1.82) is 0 Å². The topological polar surface area (TPSA) is 37.4 Å². The van der Waals surface area contributed by atoms with Crippen LogP contribution < -0.4 is 0 Å². The number of rotatable bonds is 2. The Hall–Kier alpha value is -0.680. The van der Waals surface area contributed by atoms with Gasteiger partial charge in [0, 0.05) is 13.1 Å². The molecule has 0 aliphatic carbocycles. The smallest absolute Gasteiger partial charge is 0.295 e. The highest BCUT2D eigenvalue weighted by Crippen LogP contribution is 2.23. The van der Waals surface area contributed by atoms with E-state index in [4.69, 9.17) is 0 Å². The van der Waals surface area contributed by atoms with Crippen LogP contribution in [0.1, 0.15) is 22.5 Å². The van der Waals surface area contributed by atoms with Gasteiger partial charge in [-0.3, -0.25) is 9.59 Å². The van der Waals surface area contributed by atoms with Crippen LogP contribution in [0.2, 0.25) is 0 Å². The Morgan fingerprint density at radius 3 is 2.47 bits per heavy atom. The average molecular weight is 288 g/mol. The summed E-state index contributed by atoms with van der Waals surface area (Å²) in [6, 6.07) is 3.47. The number of ketones is 1. The normalized spacial score (nSPS) is 15.7. The maximum atomic E-state index is 11.7. The van der Waals surface area contributed by atoms with Gasteiger partial charge in [-0.1, -0.05) is 0 Å². The van der Waals surface area contributed by atoms with Gasteiger partial charge in [-0.05, 0) is 40.9 Å². The third-order valence-electron chi connectivity index (χ3n) is 2.38. The maximum absolute atomic E-state index is 11.7. The molecule has 0 aromatic carbocycles. The molecule has 1 saturated heterocycles. The molecule has 2 rings (SSSR count). The lowest BCUT2D eigenvalue weighted by Gasteiger charge is -2.12. The predicted molar refractivity (Wildman–Crippen MR) is 62.2 cm³/mol. The first-order valence-corrected chi connectivity index (χ1v) is 6.38. The molecule has 3 nitrogen and oxygen atoms in total. The summed E-state index contributed by atoms with van der Waals surface area (Å²) in [7, 11) is 0. The lowest BCUT2D eigenvalue weighted by Crippen LogP contribution is -2.33. The van der Waals surface area contributed by atoms with E-state index in [2.05, 4.69) is 15.9 Å². The van der Waals surface area contributed by atoms with E-state index in [1.54, 1.807) is 17.0 Å². The van der Waals surface area contributed by atoms with E-state index in [-0.39, 0.29) is 11.7 Å². The Balaban J connectivity index is 2.10. The molecule has 2 heterocycles. The van der Waals surface area contributed by atoms with Crippen LogP contribution in [0, 0.1) is 0 Å². The third kappa shape index (κ3) is 2.29. The molecule has 0 saturated carbocycles. The average Bonchev–Trinajstić information content (AvgIpc) is 2.85. The summed E-state index contributed by atoms with van der Waals surface area (Å²) < 4.78 is 0.875. The molecule has 1 aliphatic rings. The zero-order chi connectivity index (χ0) is 10.8. The molecule has 0 N–H and O–H groups in total. The first kappa shape index (κ1) is 10.8. The summed E-state index contributed by atoms with van der Waals surface area (Å²) in [5.41, 5.74) is 0. The SMILES string of the molecule is O=C(C(=O)N1CCCC1)c1ccc(Br)s1. The van der Waals surface area contributed by atoms with E-state index < -0.39 is 0 Å². The molecule has 1 aromatic heterocycles. The molecule has 15 heavy (non-hydrogen) atoms. The summed E-state index contributed by atoms with van der Waals surface area (Å²) in [6.07, 6.45) is 2.01. The number of hydrogen-bond acceptors (Lipinski definition) is 3. The summed E-state index contributed by atoms with van der Waals surface area (Å²) in [4.78, 5) is 25.6. The van der Waals surface area contributed by atoms with Crippen molar-refractivity contribution >= 4 is 39.0 Å². The van der Waals surface area contributed by atoms with E-state index in [9.17, 15) is 9.59 Å². The third-order valence-corrected chi connectivity index (χ3v) is 4.01. The first-order valence-electron chi connectivity index (χ1n) is 4.77. The fourth-order valence-electron chi connectivity index (χ4n) is 1.61. The molecule has 5 heteroatoms. The van der Waals surface area contributed by atoms with E-state index in [0.29, 0.717) is 4.88 Å². The molecule has 0 radical (unpaired) electrons. The van der Waals surface area contributed by atoms with Crippen LogP contribution in [0.15, 0.2) is 15.9 Å². The molecular weight excluding hydrogens is 278 g/mol. The number of thiophene rings is 1. The Labute approximate surface area is 100 Å². The van der Waals surface area contributed by atoms with Crippen molar-refractivity contribution in [2.45, 2.75) is 12.8 Å². The number of carbonyl (C=O) groups excluding carboxylic acids is 2. The Bertz CT molecular complexity index is 396. The maximum Gasteiger partial charge on any atom is 0.295 e.